The van der Waals surface area contributed by atoms with Crippen LogP contribution in [0.15, 0.2) is 11.0 Å². The van der Waals surface area contributed by atoms with Gasteiger partial charge in [0.25, 0.3) is 0 Å². The van der Waals surface area contributed by atoms with Crippen molar-refractivity contribution in [2.45, 2.75) is 0 Å². The highest BCUT2D eigenvalue weighted by molar-refractivity contribution is 5.33. The van der Waals surface area contributed by atoms with E-state index in [1.807, 2.05) is 0 Å². The summed E-state index contributed by atoms with van der Waals surface area (Å²) in [6.07, 6.45) is 0.970. The van der Waals surface area contributed by atoms with Crippen LogP contribution in [-0.2, 0) is 7.05 Å². The first kappa shape index (κ1) is 10.2. The van der Waals surface area contributed by atoms with Crippen LogP contribution in [-0.4, -0.2) is 28.6 Å². The zero-order chi connectivity index (χ0) is 10.9. The quantitative estimate of drug-likeness (QED) is 0.483. The van der Waals surface area contributed by atoms with E-state index in [0.717, 1.165) is 10.8 Å². The third-order valence-corrected chi connectivity index (χ3v) is 1.72. The van der Waals surface area contributed by atoms with Gasteiger partial charge in [0.1, 0.15) is 6.20 Å². The topological polar surface area (TPSA) is 81.3 Å². The molecule has 0 aromatic carbocycles. The van der Waals surface area contributed by atoms with Gasteiger partial charge in [0.05, 0.1) is 4.92 Å². The van der Waals surface area contributed by atoms with E-state index in [1.165, 1.54) is 7.05 Å². The summed E-state index contributed by atoms with van der Waals surface area (Å²) in [6, 6.07) is 0. The zero-order valence-electron chi connectivity index (χ0n) is 8.09. The van der Waals surface area contributed by atoms with Crippen LogP contribution in [0.5, 0.6) is 0 Å². The maximum atomic E-state index is 11.4. The van der Waals surface area contributed by atoms with Gasteiger partial charge in [-0.25, -0.2) is 4.98 Å². The number of aromatic nitrogens is 2. The molecule has 0 unspecified atom stereocenters. The Bertz CT molecular complexity index is 423. The fourth-order valence-corrected chi connectivity index (χ4v) is 1.06. The minimum atomic E-state index is -0.741. The van der Waals surface area contributed by atoms with E-state index in [1.54, 1.807) is 19.0 Å². The molecule has 0 amide bonds. The Balaban J connectivity index is 3.42. The molecular formula is C7H10N4O3. The van der Waals surface area contributed by atoms with E-state index in [0.29, 0.717) is 5.95 Å². The van der Waals surface area contributed by atoms with Crippen LogP contribution >= 0.6 is 0 Å². The zero-order valence-corrected chi connectivity index (χ0v) is 8.09. The number of anilines is 1. The van der Waals surface area contributed by atoms with E-state index in [4.69, 9.17) is 0 Å². The van der Waals surface area contributed by atoms with Crippen molar-refractivity contribution in [1.82, 2.24) is 9.55 Å². The van der Waals surface area contributed by atoms with E-state index in [-0.39, 0.29) is 0 Å². The van der Waals surface area contributed by atoms with Crippen LogP contribution in [0.4, 0.5) is 11.6 Å². The molecule has 1 heterocycles. The van der Waals surface area contributed by atoms with Gasteiger partial charge in [-0.2, -0.15) is 0 Å². The molecule has 0 radical (unpaired) electrons. The van der Waals surface area contributed by atoms with Crippen LogP contribution in [0.25, 0.3) is 0 Å². The molecule has 0 atom stereocenters. The first-order chi connectivity index (χ1) is 6.45. The smallest absolute Gasteiger partial charge is 0.348 e. The summed E-state index contributed by atoms with van der Waals surface area (Å²) in [4.78, 5) is 26.5. The van der Waals surface area contributed by atoms with Gasteiger partial charge in [-0.1, -0.05) is 0 Å². The Morgan fingerprint density at radius 1 is 1.57 bits per heavy atom. The van der Waals surface area contributed by atoms with E-state index in [2.05, 4.69) is 4.98 Å². The van der Waals surface area contributed by atoms with Crippen LogP contribution in [0, 0.1) is 10.1 Å². The van der Waals surface area contributed by atoms with Gasteiger partial charge in [-0.3, -0.25) is 19.5 Å². The highest BCUT2D eigenvalue weighted by Gasteiger charge is 2.16. The average Bonchev–Trinajstić information content (AvgIpc) is 2.08. The summed E-state index contributed by atoms with van der Waals surface area (Å²) in [7, 11) is 4.85. The predicted octanol–water partition coefficient (Wildman–Crippen LogP) is -0.246. The molecule has 1 rings (SSSR count). The van der Waals surface area contributed by atoms with Gasteiger partial charge < -0.3 is 4.90 Å². The van der Waals surface area contributed by atoms with Gasteiger partial charge in [0.15, 0.2) is 0 Å². The first-order valence-corrected chi connectivity index (χ1v) is 3.83. The lowest BCUT2D eigenvalue weighted by atomic mass is 10.5. The minimum Gasteiger partial charge on any atom is -0.348 e. The molecule has 76 valence electrons. The summed E-state index contributed by atoms with van der Waals surface area (Å²) in [5.41, 5.74) is -1.17. The van der Waals surface area contributed by atoms with E-state index in [9.17, 15) is 14.9 Å². The van der Waals surface area contributed by atoms with Crippen LogP contribution in [0.2, 0.25) is 0 Å². The molecule has 0 aliphatic rings. The van der Waals surface area contributed by atoms with Crippen molar-refractivity contribution in [3.05, 3.63) is 26.7 Å². The lowest BCUT2D eigenvalue weighted by Gasteiger charge is -2.13. The summed E-state index contributed by atoms with van der Waals surface area (Å²) in [5, 5.41) is 10.4. The highest BCUT2D eigenvalue weighted by atomic mass is 16.6. The lowest BCUT2D eigenvalue weighted by Crippen LogP contribution is -2.27. The molecule has 0 aliphatic heterocycles. The second kappa shape index (κ2) is 3.44. The summed E-state index contributed by atoms with van der Waals surface area (Å²) >= 11 is 0. The maximum absolute atomic E-state index is 11.4. The minimum absolute atomic E-state index is 0.376. The number of nitrogens with zero attached hydrogens (tertiary/aromatic N) is 4. The second-order valence-electron chi connectivity index (χ2n) is 2.96. The molecule has 7 heteroatoms. The van der Waals surface area contributed by atoms with Gasteiger partial charge in [0.2, 0.25) is 5.95 Å². The van der Waals surface area contributed by atoms with Gasteiger partial charge in [0, 0.05) is 21.1 Å². The Morgan fingerprint density at radius 2 is 2.14 bits per heavy atom. The van der Waals surface area contributed by atoms with E-state index >= 15 is 0 Å². The highest BCUT2D eigenvalue weighted by Crippen LogP contribution is 2.06. The third kappa shape index (κ3) is 1.56. The number of nitro groups is 1. The van der Waals surface area contributed by atoms with Gasteiger partial charge in [-0.15, -0.1) is 0 Å². The fraction of sp³-hybridized carbons (Fsp3) is 0.429. The number of hydrogen-bond donors (Lipinski definition) is 0. The van der Waals surface area contributed by atoms with Crippen LogP contribution in [0.3, 0.4) is 0 Å². The van der Waals surface area contributed by atoms with Gasteiger partial charge >= 0.3 is 11.2 Å². The molecule has 7 nitrogen and oxygen atoms in total. The Kier molecular flexibility index (Phi) is 2.50. The third-order valence-electron chi connectivity index (χ3n) is 1.72. The molecule has 0 saturated heterocycles. The maximum Gasteiger partial charge on any atom is 0.352 e. The van der Waals surface area contributed by atoms with E-state index < -0.39 is 16.2 Å². The van der Waals surface area contributed by atoms with Crippen molar-refractivity contribution in [2.24, 2.45) is 7.05 Å². The summed E-state index contributed by atoms with van der Waals surface area (Å²) in [6.45, 7) is 0. The molecule has 14 heavy (non-hydrogen) atoms. The van der Waals surface area contributed by atoms with Crippen molar-refractivity contribution in [3.8, 4) is 0 Å². The van der Waals surface area contributed by atoms with Crippen molar-refractivity contribution in [2.75, 3.05) is 19.0 Å². The SMILES string of the molecule is CN(C)c1ncc([N+](=O)[O-])c(=O)n1C. The van der Waals surface area contributed by atoms with Crippen molar-refractivity contribution in [3.63, 3.8) is 0 Å². The average molecular weight is 198 g/mol. The second-order valence-corrected chi connectivity index (χ2v) is 2.96. The summed E-state index contributed by atoms with van der Waals surface area (Å²) < 4.78 is 1.14. The Labute approximate surface area is 79.7 Å². The molecule has 0 aliphatic carbocycles. The Hall–Kier alpha value is -1.92. The number of rotatable bonds is 2. The molecule has 0 bridgehead atoms. The van der Waals surface area contributed by atoms with Gasteiger partial charge in [-0.05, 0) is 0 Å². The van der Waals surface area contributed by atoms with Crippen molar-refractivity contribution < 1.29 is 4.92 Å². The molecule has 0 saturated carbocycles. The Morgan fingerprint density at radius 3 is 2.57 bits per heavy atom. The number of hydrogen-bond acceptors (Lipinski definition) is 5. The predicted molar refractivity (Wildman–Crippen MR) is 50.5 cm³/mol. The molecule has 1 aromatic heterocycles. The first-order valence-electron chi connectivity index (χ1n) is 3.83. The molecule has 0 fully saturated rings. The molecular weight excluding hydrogens is 188 g/mol. The summed E-state index contributed by atoms with van der Waals surface area (Å²) in [5.74, 6) is 0.376. The fourth-order valence-electron chi connectivity index (χ4n) is 1.06. The largest absolute Gasteiger partial charge is 0.352 e. The van der Waals surface area contributed by atoms with Crippen molar-refractivity contribution in [1.29, 1.82) is 0 Å². The van der Waals surface area contributed by atoms with Crippen molar-refractivity contribution >= 4 is 11.6 Å². The monoisotopic (exact) mass is 198 g/mol. The standard InChI is InChI=1S/C7H10N4O3/c1-9(2)7-8-4-5(11(13)14)6(12)10(7)3/h4H,1-3H3. The molecule has 0 spiro atoms. The van der Waals surface area contributed by atoms with Crippen LogP contribution in [0.1, 0.15) is 0 Å². The normalized spacial score (nSPS) is 9.93. The molecule has 1 aromatic rings. The van der Waals surface area contributed by atoms with Crippen LogP contribution < -0.4 is 10.5 Å². The molecule has 0 N–H and O–H groups in total. The lowest BCUT2D eigenvalue weighted by molar-refractivity contribution is -0.386.